The van der Waals surface area contributed by atoms with Crippen molar-refractivity contribution in [3.63, 3.8) is 0 Å². The average molecular weight is 285 g/mol. The molecule has 0 radical (unpaired) electrons. The van der Waals surface area contributed by atoms with Gasteiger partial charge in [0.15, 0.2) is 0 Å². The largest absolute Gasteiger partial charge is 0.472 e. The van der Waals surface area contributed by atoms with E-state index in [0.29, 0.717) is 18.9 Å². The lowest BCUT2D eigenvalue weighted by atomic mass is 9.95. The van der Waals surface area contributed by atoms with Crippen molar-refractivity contribution in [3.8, 4) is 0 Å². The van der Waals surface area contributed by atoms with Crippen LogP contribution in [0.1, 0.15) is 23.7 Å². The maximum atomic E-state index is 11.9. The van der Waals surface area contributed by atoms with Gasteiger partial charge in [-0.05, 0) is 23.6 Å². The molecular weight excluding hydrogens is 266 g/mol. The molecule has 1 aromatic heterocycles. The molecule has 2 aromatic rings. The molecule has 0 spiro atoms. The summed E-state index contributed by atoms with van der Waals surface area (Å²) >= 11 is 0. The molecule has 0 bridgehead atoms. The van der Waals surface area contributed by atoms with Crippen LogP contribution >= 0.6 is 0 Å². The van der Waals surface area contributed by atoms with Crippen LogP contribution in [0.5, 0.6) is 0 Å². The predicted octanol–water partition coefficient (Wildman–Crippen LogP) is 2.72. The molecule has 1 N–H and O–H groups in total. The van der Waals surface area contributed by atoms with E-state index in [1.165, 1.54) is 5.56 Å². The number of rotatable bonds is 5. The molecule has 0 aliphatic carbocycles. The average Bonchev–Trinajstić information content (AvgIpc) is 3.17. The van der Waals surface area contributed by atoms with Crippen LogP contribution < -0.4 is 5.32 Å². The SMILES string of the molecule is O=C(Cc1ccoc1)NC[C@H]1CCO[C@@H]1c1ccccc1. The van der Waals surface area contributed by atoms with E-state index in [2.05, 4.69) is 17.4 Å². The molecule has 1 saturated heterocycles. The van der Waals surface area contributed by atoms with Crippen molar-refractivity contribution < 1.29 is 13.9 Å². The van der Waals surface area contributed by atoms with Crippen LogP contribution in [-0.2, 0) is 16.0 Å². The van der Waals surface area contributed by atoms with Crippen molar-refractivity contribution in [3.05, 3.63) is 60.1 Å². The molecule has 1 aliphatic heterocycles. The van der Waals surface area contributed by atoms with Crippen LogP contribution in [-0.4, -0.2) is 19.1 Å². The van der Waals surface area contributed by atoms with Crippen molar-refractivity contribution >= 4 is 5.91 Å². The summed E-state index contributed by atoms with van der Waals surface area (Å²) in [5.41, 5.74) is 2.08. The minimum absolute atomic E-state index is 0.0233. The highest BCUT2D eigenvalue weighted by molar-refractivity contribution is 5.78. The Labute approximate surface area is 124 Å². The minimum atomic E-state index is 0.0233. The second kappa shape index (κ2) is 6.59. The molecular formula is C17H19NO3. The van der Waals surface area contributed by atoms with Crippen LogP contribution in [0.15, 0.2) is 53.3 Å². The van der Waals surface area contributed by atoms with Gasteiger partial charge in [0.25, 0.3) is 0 Å². The Hall–Kier alpha value is -2.07. The zero-order valence-electron chi connectivity index (χ0n) is 11.8. The van der Waals surface area contributed by atoms with Gasteiger partial charge in [0.1, 0.15) is 0 Å². The number of furan rings is 1. The molecule has 1 amide bonds. The number of ether oxygens (including phenoxy) is 1. The number of amides is 1. The lowest BCUT2D eigenvalue weighted by Gasteiger charge is -2.19. The summed E-state index contributed by atoms with van der Waals surface area (Å²) in [6.07, 6.45) is 4.61. The second-order valence-electron chi connectivity index (χ2n) is 5.36. The van der Waals surface area contributed by atoms with Crippen LogP contribution in [0.2, 0.25) is 0 Å². The highest BCUT2D eigenvalue weighted by atomic mass is 16.5. The standard InChI is InChI=1S/C17H19NO3/c19-16(10-13-6-8-20-12-13)18-11-15-7-9-21-17(15)14-4-2-1-3-5-14/h1-6,8,12,15,17H,7,9-11H2,(H,18,19)/t15-,17-/m1/s1. The van der Waals surface area contributed by atoms with E-state index in [1.54, 1.807) is 12.5 Å². The predicted molar refractivity (Wildman–Crippen MR) is 78.7 cm³/mol. The molecule has 3 rings (SSSR count). The topological polar surface area (TPSA) is 51.5 Å². The number of nitrogens with one attached hydrogen (secondary N) is 1. The molecule has 2 atom stereocenters. The monoisotopic (exact) mass is 285 g/mol. The molecule has 1 aliphatic rings. The maximum absolute atomic E-state index is 11.9. The Balaban J connectivity index is 1.53. The molecule has 4 nitrogen and oxygen atoms in total. The highest BCUT2D eigenvalue weighted by Crippen LogP contribution is 2.33. The minimum Gasteiger partial charge on any atom is -0.472 e. The van der Waals surface area contributed by atoms with Crippen LogP contribution in [0.3, 0.4) is 0 Å². The van der Waals surface area contributed by atoms with Crippen molar-refractivity contribution in [2.45, 2.75) is 18.9 Å². The van der Waals surface area contributed by atoms with Gasteiger partial charge in [-0.25, -0.2) is 0 Å². The van der Waals surface area contributed by atoms with Gasteiger partial charge in [-0.2, -0.15) is 0 Å². The van der Waals surface area contributed by atoms with E-state index in [0.717, 1.165) is 18.6 Å². The summed E-state index contributed by atoms with van der Waals surface area (Å²) in [7, 11) is 0. The second-order valence-corrected chi connectivity index (χ2v) is 5.36. The van der Waals surface area contributed by atoms with Gasteiger partial charge >= 0.3 is 0 Å². The first-order chi connectivity index (χ1) is 10.3. The Morgan fingerprint density at radius 3 is 2.86 bits per heavy atom. The van der Waals surface area contributed by atoms with Gasteiger partial charge in [-0.15, -0.1) is 0 Å². The lowest BCUT2D eigenvalue weighted by Crippen LogP contribution is -2.31. The molecule has 0 saturated carbocycles. The summed E-state index contributed by atoms with van der Waals surface area (Å²) in [6, 6.07) is 12.0. The van der Waals surface area contributed by atoms with Crippen molar-refractivity contribution in [1.29, 1.82) is 0 Å². The maximum Gasteiger partial charge on any atom is 0.224 e. The van der Waals surface area contributed by atoms with Gasteiger partial charge in [0.05, 0.1) is 25.1 Å². The van der Waals surface area contributed by atoms with Gasteiger partial charge in [-0.3, -0.25) is 4.79 Å². The van der Waals surface area contributed by atoms with E-state index in [1.807, 2.05) is 24.3 Å². The number of carbonyl (C=O) groups excluding carboxylic acids is 1. The molecule has 110 valence electrons. The number of carbonyl (C=O) groups is 1. The molecule has 0 unspecified atom stereocenters. The van der Waals surface area contributed by atoms with Crippen molar-refractivity contribution in [2.24, 2.45) is 5.92 Å². The smallest absolute Gasteiger partial charge is 0.224 e. The highest BCUT2D eigenvalue weighted by Gasteiger charge is 2.29. The summed E-state index contributed by atoms with van der Waals surface area (Å²) in [5.74, 6) is 0.357. The van der Waals surface area contributed by atoms with Gasteiger partial charge in [-0.1, -0.05) is 30.3 Å². The van der Waals surface area contributed by atoms with E-state index >= 15 is 0 Å². The number of hydrogen-bond acceptors (Lipinski definition) is 3. The van der Waals surface area contributed by atoms with E-state index < -0.39 is 0 Å². The summed E-state index contributed by atoms with van der Waals surface area (Å²) in [4.78, 5) is 11.9. The first kappa shape index (κ1) is 13.9. The third kappa shape index (κ3) is 3.52. The fourth-order valence-corrected chi connectivity index (χ4v) is 2.74. The van der Waals surface area contributed by atoms with Crippen molar-refractivity contribution in [1.82, 2.24) is 5.32 Å². The van der Waals surface area contributed by atoms with Crippen LogP contribution in [0.25, 0.3) is 0 Å². The Morgan fingerprint density at radius 2 is 2.10 bits per heavy atom. The Morgan fingerprint density at radius 1 is 1.24 bits per heavy atom. The van der Waals surface area contributed by atoms with Gasteiger partial charge in [0.2, 0.25) is 5.91 Å². The van der Waals surface area contributed by atoms with E-state index in [-0.39, 0.29) is 12.0 Å². The van der Waals surface area contributed by atoms with Gasteiger partial charge in [0, 0.05) is 19.1 Å². The van der Waals surface area contributed by atoms with E-state index in [9.17, 15) is 4.79 Å². The lowest BCUT2D eigenvalue weighted by molar-refractivity contribution is -0.120. The molecule has 2 heterocycles. The van der Waals surface area contributed by atoms with Crippen LogP contribution in [0.4, 0.5) is 0 Å². The molecule has 21 heavy (non-hydrogen) atoms. The zero-order valence-corrected chi connectivity index (χ0v) is 11.8. The van der Waals surface area contributed by atoms with Gasteiger partial charge < -0.3 is 14.5 Å². The molecule has 1 fully saturated rings. The Kier molecular flexibility index (Phi) is 4.36. The normalized spacial score (nSPS) is 21.3. The molecule has 4 heteroatoms. The third-order valence-electron chi connectivity index (χ3n) is 3.85. The fraction of sp³-hybridized carbons (Fsp3) is 0.353. The summed E-state index contributed by atoms with van der Waals surface area (Å²) in [6.45, 7) is 1.40. The summed E-state index contributed by atoms with van der Waals surface area (Å²) < 4.78 is 10.8. The first-order valence-corrected chi connectivity index (χ1v) is 7.27. The van der Waals surface area contributed by atoms with Crippen molar-refractivity contribution in [2.75, 3.05) is 13.2 Å². The van der Waals surface area contributed by atoms with Crippen LogP contribution in [0, 0.1) is 5.92 Å². The molecule has 1 aromatic carbocycles. The third-order valence-corrected chi connectivity index (χ3v) is 3.85. The number of benzene rings is 1. The fourth-order valence-electron chi connectivity index (χ4n) is 2.74. The number of hydrogen-bond donors (Lipinski definition) is 1. The summed E-state index contributed by atoms with van der Waals surface area (Å²) in [5, 5.41) is 3.00. The first-order valence-electron chi connectivity index (χ1n) is 7.27. The zero-order chi connectivity index (χ0) is 14.5. The van der Waals surface area contributed by atoms with E-state index in [4.69, 9.17) is 9.15 Å². The quantitative estimate of drug-likeness (QED) is 0.919. The Bertz CT molecular complexity index is 565.